The maximum Gasteiger partial charge on any atom is 0.407 e. The molecule has 3 N–H and O–H groups in total. The number of halogens is 2. The highest BCUT2D eigenvalue weighted by molar-refractivity contribution is 8.00. The van der Waals surface area contributed by atoms with Crippen LogP contribution in [0.2, 0.25) is 0 Å². The van der Waals surface area contributed by atoms with Crippen LogP contribution >= 0.6 is 34.9 Å². The second kappa shape index (κ2) is 15.5. The van der Waals surface area contributed by atoms with E-state index in [9.17, 15) is 28.3 Å². The lowest BCUT2D eigenvalue weighted by Gasteiger charge is -2.53. The van der Waals surface area contributed by atoms with Gasteiger partial charge in [0.2, 0.25) is 11.1 Å². The van der Waals surface area contributed by atoms with Crippen LogP contribution in [0.3, 0.4) is 0 Å². The number of thiazole rings is 1. The van der Waals surface area contributed by atoms with Crippen LogP contribution in [0.15, 0.2) is 107 Å². The number of carboxylic acids is 1. The summed E-state index contributed by atoms with van der Waals surface area (Å²) in [5.74, 6) is -2.35. The number of carboxylic acid groups (broad SMARTS) is 1. The number of aromatic nitrogens is 5. The van der Waals surface area contributed by atoms with Gasteiger partial charge in [-0.25, -0.2) is 9.67 Å². The Morgan fingerprint density at radius 2 is 1.67 bits per heavy atom. The predicted molar refractivity (Wildman–Crippen MR) is 198 cm³/mol. The Balaban J connectivity index is 1.13. The standard InChI is InChI=1S/C35H31F2N9O5S3/c1-45-33(41-43-44-45)54-20-34(30(49)50)18-46-28(48)26(29(46)53-19-34)39-27(47)25(42-51-31(36)37)24-17-52-32(38-24)40-35(21-11-5-2-6-12-21,22-13-7-3-8-14-22)23-15-9-4-10-16-23/h2-17,26,29,31H,18-20H2,1H3,(H,38,40)(H,39,47)(H,49,50)/t26?,29-,34?/m1/s1. The van der Waals surface area contributed by atoms with Crippen molar-refractivity contribution in [2.45, 2.75) is 28.7 Å². The number of β-lactam (4-membered cyclic amide) rings is 1. The molecule has 2 amide bonds. The highest BCUT2D eigenvalue weighted by Crippen LogP contribution is 2.45. The molecule has 3 atom stereocenters. The highest BCUT2D eigenvalue weighted by atomic mass is 32.2. The van der Waals surface area contributed by atoms with Gasteiger partial charge in [0, 0.05) is 30.5 Å². The fraction of sp³-hybridized carbons (Fsp3) is 0.257. The second-order valence-electron chi connectivity index (χ2n) is 12.4. The number of benzene rings is 3. The SMILES string of the molecule is Cn1nnnc1SCC1(C(=O)O)CS[C@@H]2C(NC(=O)C(=NOC(F)F)c3csc(NC(c4ccccc4)(c4ccccc4)c4ccccc4)n3)C(=O)N2C1. The molecule has 5 aromatic rings. The molecule has 0 aliphatic carbocycles. The number of oxime groups is 1. The predicted octanol–water partition coefficient (Wildman–Crippen LogP) is 4.28. The zero-order valence-electron chi connectivity index (χ0n) is 28.3. The molecule has 14 nitrogen and oxygen atoms in total. The molecule has 2 saturated heterocycles. The molecule has 0 spiro atoms. The van der Waals surface area contributed by atoms with Crippen LogP contribution in [0.5, 0.6) is 0 Å². The maximum absolute atomic E-state index is 13.7. The number of amides is 2. The van der Waals surface area contributed by atoms with Gasteiger partial charge >= 0.3 is 12.6 Å². The molecule has 2 aliphatic heterocycles. The average molecular weight is 792 g/mol. The number of anilines is 1. The number of thioether (sulfide) groups is 2. The first-order chi connectivity index (χ1) is 26.1. The molecule has 0 radical (unpaired) electrons. The lowest BCUT2D eigenvalue weighted by atomic mass is 9.77. The zero-order valence-corrected chi connectivity index (χ0v) is 30.7. The Morgan fingerprint density at radius 1 is 1.06 bits per heavy atom. The Bertz CT molecular complexity index is 2060. The molecule has 2 unspecified atom stereocenters. The minimum Gasteiger partial charge on any atom is -0.481 e. The topological polar surface area (TPSA) is 177 Å². The van der Waals surface area contributed by atoms with E-state index in [1.807, 2.05) is 91.0 Å². The molecule has 19 heteroatoms. The fourth-order valence-electron chi connectivity index (χ4n) is 6.34. The van der Waals surface area contributed by atoms with Gasteiger partial charge in [-0.3, -0.25) is 14.4 Å². The van der Waals surface area contributed by atoms with Crippen molar-refractivity contribution in [3.8, 4) is 0 Å². The number of carbonyl (C=O) groups excluding carboxylic acids is 2. The molecule has 3 aromatic carbocycles. The van der Waals surface area contributed by atoms with Crippen molar-refractivity contribution in [3.63, 3.8) is 0 Å². The molecule has 54 heavy (non-hydrogen) atoms. The van der Waals surface area contributed by atoms with Crippen molar-refractivity contribution in [1.29, 1.82) is 0 Å². The summed E-state index contributed by atoms with van der Waals surface area (Å²) in [6, 6.07) is 28.1. The van der Waals surface area contributed by atoms with Gasteiger partial charge in [-0.05, 0) is 27.1 Å². The third kappa shape index (κ3) is 7.13. The molecule has 0 saturated carbocycles. The molecular weight excluding hydrogens is 761 g/mol. The largest absolute Gasteiger partial charge is 0.481 e. The van der Waals surface area contributed by atoms with Crippen molar-refractivity contribution in [1.82, 2.24) is 35.4 Å². The van der Waals surface area contributed by atoms with E-state index in [1.54, 1.807) is 7.05 Å². The van der Waals surface area contributed by atoms with Gasteiger partial charge in [0.05, 0.1) is 0 Å². The lowest BCUT2D eigenvalue weighted by molar-refractivity contribution is -0.157. The van der Waals surface area contributed by atoms with Gasteiger partial charge in [-0.15, -0.1) is 28.2 Å². The van der Waals surface area contributed by atoms with Crippen LogP contribution in [0.25, 0.3) is 0 Å². The Kier molecular flexibility index (Phi) is 10.6. The minimum atomic E-state index is -3.33. The number of aliphatic carboxylic acids is 1. The van der Waals surface area contributed by atoms with E-state index in [0.29, 0.717) is 10.3 Å². The van der Waals surface area contributed by atoms with Gasteiger partial charge in [-0.2, -0.15) is 8.78 Å². The van der Waals surface area contributed by atoms with E-state index < -0.39 is 52.5 Å². The first-order valence-corrected chi connectivity index (χ1v) is 19.3. The van der Waals surface area contributed by atoms with Gasteiger partial charge in [0.1, 0.15) is 28.1 Å². The molecule has 278 valence electrons. The number of alkyl halides is 2. The Morgan fingerprint density at radius 3 is 2.20 bits per heavy atom. The van der Waals surface area contributed by atoms with Crippen LogP contribution < -0.4 is 10.6 Å². The summed E-state index contributed by atoms with van der Waals surface area (Å²) in [5.41, 5.74) is -0.234. The summed E-state index contributed by atoms with van der Waals surface area (Å²) < 4.78 is 28.0. The first-order valence-electron chi connectivity index (χ1n) is 16.4. The molecule has 4 heterocycles. The van der Waals surface area contributed by atoms with E-state index in [-0.39, 0.29) is 23.7 Å². The lowest BCUT2D eigenvalue weighted by Crippen LogP contribution is -2.74. The zero-order chi connectivity index (χ0) is 37.9. The summed E-state index contributed by atoms with van der Waals surface area (Å²) >= 11 is 3.49. The van der Waals surface area contributed by atoms with Crippen molar-refractivity contribution >= 4 is 63.5 Å². The van der Waals surface area contributed by atoms with Gasteiger partial charge < -0.3 is 25.5 Å². The first kappa shape index (κ1) is 36.9. The Hall–Kier alpha value is -5.40. The van der Waals surface area contributed by atoms with Crippen LogP contribution in [-0.2, 0) is 31.8 Å². The number of nitrogens with one attached hydrogen (secondary N) is 2. The number of rotatable bonds is 14. The smallest absolute Gasteiger partial charge is 0.407 e. The van der Waals surface area contributed by atoms with Gasteiger partial charge in [-0.1, -0.05) is 108 Å². The summed E-state index contributed by atoms with van der Waals surface area (Å²) in [7, 11) is 1.63. The van der Waals surface area contributed by atoms with Gasteiger partial charge in [0.25, 0.3) is 5.91 Å². The molecule has 2 fully saturated rings. The summed E-state index contributed by atoms with van der Waals surface area (Å²) in [6.45, 7) is -3.44. The van der Waals surface area contributed by atoms with E-state index >= 15 is 0 Å². The monoisotopic (exact) mass is 791 g/mol. The van der Waals surface area contributed by atoms with E-state index in [4.69, 9.17) is 0 Å². The number of fused-ring (bicyclic) bond motifs is 1. The van der Waals surface area contributed by atoms with E-state index in [2.05, 4.69) is 41.1 Å². The third-order valence-corrected chi connectivity index (χ3v) is 12.7. The van der Waals surface area contributed by atoms with Crippen LogP contribution in [0, 0.1) is 5.41 Å². The van der Waals surface area contributed by atoms with E-state index in [1.165, 1.54) is 26.7 Å². The molecule has 7 rings (SSSR count). The van der Waals surface area contributed by atoms with Crippen molar-refractivity contribution in [2.24, 2.45) is 17.6 Å². The van der Waals surface area contributed by atoms with Crippen LogP contribution in [-0.4, -0.2) is 94.8 Å². The fourth-order valence-corrected chi connectivity index (χ4v) is 9.80. The number of carbonyl (C=O) groups is 3. The molecule has 2 aromatic heterocycles. The number of hydrogen-bond donors (Lipinski definition) is 3. The molecular formula is C35H31F2N9O5S3. The Labute approximate surface area is 319 Å². The maximum atomic E-state index is 13.7. The molecule has 2 aliphatic rings. The van der Waals surface area contributed by atoms with Crippen molar-refractivity contribution < 1.29 is 33.1 Å². The third-order valence-electron chi connectivity index (χ3n) is 9.04. The number of tetrazole rings is 1. The van der Waals surface area contributed by atoms with Crippen molar-refractivity contribution in [3.05, 3.63) is 119 Å². The van der Waals surface area contributed by atoms with Gasteiger partial charge in [0.15, 0.2) is 10.8 Å². The van der Waals surface area contributed by atoms with Crippen LogP contribution in [0.4, 0.5) is 13.9 Å². The number of aryl methyl sites for hydroxylation is 1. The average Bonchev–Trinajstić information content (AvgIpc) is 3.84. The minimum absolute atomic E-state index is 0.0659. The number of nitrogens with zero attached hydrogens (tertiary/aromatic N) is 7. The quantitative estimate of drug-likeness (QED) is 0.0480. The van der Waals surface area contributed by atoms with Crippen LogP contribution in [0.1, 0.15) is 22.4 Å². The molecule has 0 bridgehead atoms. The summed E-state index contributed by atoms with van der Waals surface area (Å²) in [4.78, 5) is 49.8. The summed E-state index contributed by atoms with van der Waals surface area (Å²) in [5, 5.41) is 32.7. The van der Waals surface area contributed by atoms with E-state index in [0.717, 1.165) is 39.8 Å². The second-order valence-corrected chi connectivity index (χ2v) is 15.3. The normalized spacial score (nSPS) is 19.9. The highest BCUT2D eigenvalue weighted by Gasteiger charge is 2.57. The van der Waals surface area contributed by atoms with Crippen molar-refractivity contribution in [2.75, 3.05) is 23.4 Å². The number of hydrogen-bond acceptors (Lipinski definition) is 13. The summed E-state index contributed by atoms with van der Waals surface area (Å²) in [6.07, 6.45) is 0.